The second-order valence-corrected chi connectivity index (χ2v) is 21.5. The van der Waals surface area contributed by atoms with Crippen LogP contribution in [-0.4, -0.2) is 108 Å². The van der Waals surface area contributed by atoms with Crippen molar-refractivity contribution in [2.45, 2.75) is 115 Å². The van der Waals surface area contributed by atoms with Crippen LogP contribution in [0, 0.1) is 25.7 Å². The van der Waals surface area contributed by atoms with Gasteiger partial charge in [0, 0.05) is 74.7 Å². The van der Waals surface area contributed by atoms with Crippen molar-refractivity contribution in [3.8, 4) is 0 Å². The smallest absolute Gasteiger partial charge is 0.410 e. The molecule has 6 rings (SSSR count). The van der Waals surface area contributed by atoms with Crippen LogP contribution >= 0.6 is 0 Å². The number of likely N-dealkylation sites (tertiary alicyclic amines) is 2. The first-order valence-electron chi connectivity index (χ1n) is 21.9. The van der Waals surface area contributed by atoms with Crippen molar-refractivity contribution in [2.75, 3.05) is 26.2 Å². The summed E-state index contributed by atoms with van der Waals surface area (Å²) in [6.45, 7) is 17.0. The highest BCUT2D eigenvalue weighted by Gasteiger charge is 2.31. The molecule has 0 radical (unpaired) electrons. The van der Waals surface area contributed by atoms with Crippen LogP contribution in [-0.2, 0) is 47.2 Å². The van der Waals surface area contributed by atoms with Crippen LogP contribution in [0.5, 0.6) is 0 Å². The van der Waals surface area contributed by atoms with Crippen molar-refractivity contribution >= 4 is 43.7 Å². The normalized spacial score (nSPS) is 15.3. The number of hydrazone groups is 1. The molecule has 2 aliphatic heterocycles. The van der Waals surface area contributed by atoms with Crippen LogP contribution < -0.4 is 15.5 Å². The van der Waals surface area contributed by atoms with E-state index in [4.69, 9.17) is 15.3 Å². The Balaban J connectivity index is 0.000000246. The standard InChI is InChI=1S/C23H31N5O4S.C16H23N3O3.C7H10N2O2S/c1-17-5-7-20(8-6-17)33(30,31)27-26-21(15-19-9-12-24-16-25-19)18-10-13-28(14-11-18)22(29)32-23(2,3)4;1-16(2,3)22-15(21)19-8-5-12(6-9-19)14(20)10-13-4-7-17-11-18-13;1-6-2-4-7(5-3-6)12(10,11)9-8/h5-9,12,16,18,27H,10-11,13-15H2,1-4H3;4,7,11-12H,5-6,8-10H2,1-3H3;2-5,9H,8H2,1H3/b26-21+;;. The van der Waals surface area contributed by atoms with E-state index in [-0.39, 0.29) is 39.6 Å². The second kappa shape index (κ2) is 24.2. The van der Waals surface area contributed by atoms with Crippen LogP contribution in [0.25, 0.3) is 0 Å². The number of nitrogens with two attached hydrogens (primary N) is 1. The van der Waals surface area contributed by atoms with Gasteiger partial charge in [0.2, 0.25) is 0 Å². The first kappa shape index (κ1) is 53.7. The second-order valence-electron chi connectivity index (χ2n) is 18.1. The Morgan fingerprint density at radius 2 is 1.04 bits per heavy atom. The minimum absolute atomic E-state index is 0.000583. The molecule has 364 valence electrons. The molecule has 2 aliphatic rings. The van der Waals surface area contributed by atoms with Gasteiger partial charge in [-0.25, -0.2) is 42.8 Å². The largest absolute Gasteiger partial charge is 0.444 e. The number of Topliss-reactive ketones (excluding diaryl/α,β-unsaturated/α-hetero) is 1. The van der Waals surface area contributed by atoms with Gasteiger partial charge in [-0.2, -0.15) is 18.4 Å². The number of carbonyl (C=O) groups is 3. The first-order chi connectivity index (χ1) is 31.4. The minimum atomic E-state index is -3.80. The van der Waals surface area contributed by atoms with Crippen LogP contribution in [0.2, 0.25) is 0 Å². The number of amides is 2. The predicted molar refractivity (Wildman–Crippen MR) is 252 cm³/mol. The van der Waals surface area contributed by atoms with Gasteiger partial charge in [-0.3, -0.25) is 10.6 Å². The Morgan fingerprint density at radius 1 is 0.642 bits per heavy atom. The Labute approximate surface area is 394 Å². The number of ether oxygens (including phenoxy) is 2. The number of sulfonamides is 2. The fourth-order valence-corrected chi connectivity index (χ4v) is 8.20. The van der Waals surface area contributed by atoms with E-state index in [9.17, 15) is 31.2 Å². The maximum Gasteiger partial charge on any atom is 0.410 e. The lowest BCUT2D eigenvalue weighted by molar-refractivity contribution is -0.123. The van der Waals surface area contributed by atoms with Gasteiger partial charge in [-0.1, -0.05) is 35.4 Å². The van der Waals surface area contributed by atoms with E-state index in [1.165, 1.54) is 24.8 Å². The maximum absolute atomic E-state index is 12.7. The molecule has 0 unspecified atom stereocenters. The SMILES string of the molecule is CC(C)(C)OC(=O)N1CCC(C(=O)Cc2ccncn2)CC1.Cc1ccc(S(=O)(=O)N/N=C(\Cc2ccncn2)C2CCN(C(=O)OC(C)(C)C)CC2)cc1.Cc1ccc(S(=O)(=O)NN)cc1. The molecule has 21 heteroatoms. The van der Waals surface area contributed by atoms with Crippen molar-refractivity contribution in [2.24, 2.45) is 22.8 Å². The summed E-state index contributed by atoms with van der Waals surface area (Å²) >= 11 is 0. The third-order valence-electron chi connectivity index (χ3n) is 10.4. The molecule has 4 aromatic rings. The molecule has 0 aliphatic carbocycles. The maximum atomic E-state index is 12.7. The average molecular weight is 965 g/mol. The molecule has 2 aromatic carbocycles. The lowest BCUT2D eigenvalue weighted by Gasteiger charge is -2.33. The molecule has 2 amide bonds. The van der Waals surface area contributed by atoms with Crippen LogP contribution in [0.1, 0.15) is 89.7 Å². The predicted octanol–water partition coefficient (Wildman–Crippen LogP) is 5.69. The number of hydrazine groups is 1. The number of aryl methyl sites for hydroxylation is 2. The van der Waals surface area contributed by atoms with Gasteiger partial charge in [0.05, 0.1) is 15.5 Å². The molecule has 2 aromatic heterocycles. The number of piperidine rings is 2. The molecule has 0 atom stereocenters. The van der Waals surface area contributed by atoms with Crippen molar-refractivity contribution < 1.29 is 40.7 Å². The summed E-state index contributed by atoms with van der Waals surface area (Å²) in [6, 6.07) is 16.6. The summed E-state index contributed by atoms with van der Waals surface area (Å²) in [5.41, 5.74) is 3.10. The number of carbonyl (C=O) groups excluding carboxylic acids is 3. The van der Waals surface area contributed by atoms with Crippen molar-refractivity contribution in [1.29, 1.82) is 0 Å². The topological polar surface area (TPSA) is 258 Å². The zero-order valence-electron chi connectivity index (χ0n) is 39.5. The van der Waals surface area contributed by atoms with Gasteiger partial charge in [0.25, 0.3) is 20.0 Å². The summed E-state index contributed by atoms with van der Waals surface area (Å²) in [5.74, 6) is 5.01. The highest BCUT2D eigenvalue weighted by atomic mass is 32.2. The van der Waals surface area contributed by atoms with Gasteiger partial charge >= 0.3 is 12.2 Å². The number of nitrogens with zero attached hydrogens (tertiary/aromatic N) is 7. The molecule has 67 heavy (non-hydrogen) atoms. The van der Waals surface area contributed by atoms with Crippen molar-refractivity contribution in [3.05, 3.63) is 108 Å². The van der Waals surface area contributed by atoms with Crippen molar-refractivity contribution in [3.63, 3.8) is 0 Å². The number of benzene rings is 2. The van der Waals surface area contributed by atoms with Gasteiger partial charge in [-0.15, -0.1) is 0 Å². The molecule has 4 heterocycles. The molecule has 2 saturated heterocycles. The third-order valence-corrected chi connectivity index (χ3v) is 12.8. The lowest BCUT2D eigenvalue weighted by atomic mass is 9.89. The van der Waals surface area contributed by atoms with E-state index in [1.54, 1.807) is 75.6 Å². The Bertz CT molecular complexity index is 2470. The Morgan fingerprint density at radius 3 is 1.43 bits per heavy atom. The molecular weight excluding hydrogens is 901 g/mol. The number of hydrogen-bond donors (Lipinski definition) is 3. The Hall–Kier alpha value is -5.90. The lowest BCUT2D eigenvalue weighted by Crippen LogP contribution is -2.43. The van der Waals surface area contributed by atoms with E-state index in [1.807, 2.05) is 55.4 Å². The highest BCUT2D eigenvalue weighted by molar-refractivity contribution is 7.89. The zero-order valence-corrected chi connectivity index (χ0v) is 41.1. The van der Waals surface area contributed by atoms with Crippen molar-refractivity contribution in [1.82, 2.24) is 39.4 Å². The van der Waals surface area contributed by atoms with Crippen LogP contribution in [0.15, 0.2) is 101 Å². The number of ketones is 1. The summed E-state index contributed by atoms with van der Waals surface area (Å²) in [6.07, 6.45) is 8.93. The minimum Gasteiger partial charge on any atom is -0.444 e. The van der Waals surface area contributed by atoms with Crippen LogP contribution in [0.4, 0.5) is 9.59 Å². The number of aromatic nitrogens is 4. The molecule has 0 spiro atoms. The van der Waals surface area contributed by atoms with Gasteiger partial charge in [0.1, 0.15) is 29.6 Å². The molecule has 0 bridgehead atoms. The summed E-state index contributed by atoms with van der Waals surface area (Å²) < 4.78 is 58.5. The van der Waals surface area contributed by atoms with Gasteiger partial charge in [0.15, 0.2) is 0 Å². The summed E-state index contributed by atoms with van der Waals surface area (Å²) in [5, 5.41) is 4.33. The molecule has 2 fully saturated rings. The summed E-state index contributed by atoms with van der Waals surface area (Å²) in [7, 11) is -7.29. The fraction of sp³-hybridized carbons (Fsp3) is 0.478. The van der Waals surface area contributed by atoms with E-state index in [0.717, 1.165) is 22.5 Å². The first-order valence-corrected chi connectivity index (χ1v) is 24.8. The van der Waals surface area contributed by atoms with E-state index in [2.05, 4.69) is 29.9 Å². The average Bonchev–Trinajstić information content (AvgIpc) is 3.28. The molecular formula is C46H64N10O9S2. The van der Waals surface area contributed by atoms with E-state index >= 15 is 0 Å². The molecule has 4 N–H and O–H groups in total. The quantitative estimate of drug-likeness (QED) is 0.0927. The van der Waals surface area contributed by atoms with E-state index in [0.29, 0.717) is 70.4 Å². The molecule has 19 nitrogen and oxygen atoms in total. The highest BCUT2D eigenvalue weighted by Crippen LogP contribution is 2.24. The van der Waals surface area contributed by atoms with Gasteiger partial charge in [-0.05, 0) is 117 Å². The third kappa shape index (κ3) is 18.4. The fourth-order valence-electron chi connectivity index (χ4n) is 6.74. The molecule has 0 saturated carbocycles. The number of hydrogen-bond acceptors (Lipinski definition) is 15. The van der Waals surface area contributed by atoms with E-state index < -0.39 is 31.2 Å². The summed E-state index contributed by atoms with van der Waals surface area (Å²) in [4.78, 5) is 60.6. The zero-order chi connectivity index (χ0) is 49.4. The Kier molecular flexibility index (Phi) is 19.4. The number of nitrogens with one attached hydrogen (secondary N) is 2. The van der Waals surface area contributed by atoms with Gasteiger partial charge < -0.3 is 19.3 Å². The number of rotatable bonds is 11. The van der Waals surface area contributed by atoms with Crippen LogP contribution in [0.3, 0.4) is 0 Å². The monoisotopic (exact) mass is 964 g/mol.